The van der Waals surface area contributed by atoms with Crippen molar-refractivity contribution in [1.29, 1.82) is 0 Å². The minimum atomic E-state index is -3.72. The highest BCUT2D eigenvalue weighted by Gasteiger charge is 2.24. The second-order valence-electron chi connectivity index (χ2n) is 6.51. The number of hydrogen-bond donors (Lipinski definition) is 1. The molecule has 1 saturated heterocycles. The highest BCUT2D eigenvalue weighted by Crippen LogP contribution is 2.16. The molecule has 0 atom stereocenters. The quantitative estimate of drug-likeness (QED) is 0.810. The first kappa shape index (κ1) is 19.2. The molecule has 8 nitrogen and oxygen atoms in total. The first-order chi connectivity index (χ1) is 12.9. The van der Waals surface area contributed by atoms with Crippen molar-refractivity contribution in [2.75, 3.05) is 37.6 Å². The third kappa shape index (κ3) is 4.61. The Labute approximate surface area is 159 Å². The van der Waals surface area contributed by atoms with E-state index in [-0.39, 0.29) is 17.3 Å². The molecule has 9 heteroatoms. The molecule has 2 aromatic rings. The fraction of sp³-hybridized carbons (Fsp3) is 0.389. The lowest BCUT2D eigenvalue weighted by molar-refractivity contribution is -0.130. The van der Waals surface area contributed by atoms with Crippen LogP contribution >= 0.6 is 0 Å². The van der Waals surface area contributed by atoms with Crippen LogP contribution in [0.15, 0.2) is 41.6 Å². The van der Waals surface area contributed by atoms with Gasteiger partial charge in [-0.25, -0.2) is 23.1 Å². The van der Waals surface area contributed by atoms with Gasteiger partial charge >= 0.3 is 0 Å². The number of anilines is 1. The van der Waals surface area contributed by atoms with E-state index in [0.717, 1.165) is 5.56 Å². The van der Waals surface area contributed by atoms with Crippen molar-refractivity contribution in [1.82, 2.24) is 19.6 Å². The number of aromatic nitrogens is 2. The Morgan fingerprint density at radius 2 is 1.78 bits per heavy atom. The van der Waals surface area contributed by atoms with E-state index in [4.69, 9.17) is 0 Å². The van der Waals surface area contributed by atoms with Gasteiger partial charge in [0, 0.05) is 38.6 Å². The van der Waals surface area contributed by atoms with Crippen LogP contribution in [-0.4, -0.2) is 61.9 Å². The van der Waals surface area contributed by atoms with Crippen LogP contribution in [0.3, 0.4) is 0 Å². The molecule has 1 aromatic carbocycles. The van der Waals surface area contributed by atoms with E-state index in [1.807, 2.05) is 11.8 Å². The third-order valence-electron chi connectivity index (χ3n) is 4.50. The Bertz CT molecular complexity index is 910. The Balaban J connectivity index is 1.55. The molecular weight excluding hydrogens is 366 g/mol. The van der Waals surface area contributed by atoms with Crippen molar-refractivity contribution in [3.8, 4) is 0 Å². The van der Waals surface area contributed by atoms with Crippen LogP contribution in [0.4, 0.5) is 5.95 Å². The van der Waals surface area contributed by atoms with E-state index >= 15 is 0 Å². The zero-order valence-corrected chi connectivity index (χ0v) is 16.2. The van der Waals surface area contributed by atoms with Crippen LogP contribution in [-0.2, 0) is 14.8 Å². The summed E-state index contributed by atoms with van der Waals surface area (Å²) in [6.45, 7) is 5.62. The fourth-order valence-electron chi connectivity index (χ4n) is 3.06. The molecule has 0 radical (unpaired) electrons. The summed E-state index contributed by atoms with van der Waals surface area (Å²) < 4.78 is 27.4. The van der Waals surface area contributed by atoms with Gasteiger partial charge in [0.2, 0.25) is 21.9 Å². The maximum Gasteiger partial charge on any atom is 0.241 e. The molecule has 1 N–H and O–H groups in total. The zero-order chi connectivity index (χ0) is 19.4. The van der Waals surface area contributed by atoms with Crippen LogP contribution in [0.25, 0.3) is 0 Å². The SMILES string of the molecule is Cc1ccc(S(=O)(=O)NCC(=O)N2CCN(c3ncccn3)CC2)c(C)c1. The van der Waals surface area contributed by atoms with Crippen LogP contribution in [0.5, 0.6) is 0 Å². The molecule has 2 heterocycles. The van der Waals surface area contributed by atoms with Gasteiger partial charge in [-0.1, -0.05) is 17.7 Å². The lowest BCUT2D eigenvalue weighted by atomic mass is 10.2. The number of amides is 1. The predicted molar refractivity (Wildman–Crippen MR) is 102 cm³/mol. The maximum atomic E-state index is 12.5. The number of sulfonamides is 1. The number of nitrogens with zero attached hydrogens (tertiary/aromatic N) is 4. The van der Waals surface area contributed by atoms with E-state index in [1.165, 1.54) is 0 Å². The van der Waals surface area contributed by atoms with Gasteiger partial charge in [-0.2, -0.15) is 0 Å². The van der Waals surface area contributed by atoms with Gasteiger partial charge in [-0.05, 0) is 31.5 Å². The van der Waals surface area contributed by atoms with Crippen LogP contribution < -0.4 is 9.62 Å². The van der Waals surface area contributed by atoms with Crippen molar-refractivity contribution in [3.63, 3.8) is 0 Å². The molecule has 144 valence electrons. The summed E-state index contributed by atoms with van der Waals surface area (Å²) in [4.78, 5) is 24.7. The van der Waals surface area contributed by atoms with Crippen molar-refractivity contribution in [2.45, 2.75) is 18.7 Å². The molecule has 1 fully saturated rings. The number of aryl methyl sites for hydroxylation is 2. The molecule has 0 spiro atoms. The predicted octanol–water partition coefficient (Wildman–Crippen LogP) is 0.721. The summed E-state index contributed by atoms with van der Waals surface area (Å²) in [6.07, 6.45) is 3.36. The number of hydrogen-bond acceptors (Lipinski definition) is 6. The smallest absolute Gasteiger partial charge is 0.241 e. The number of piperazine rings is 1. The Morgan fingerprint density at radius 1 is 1.11 bits per heavy atom. The van der Waals surface area contributed by atoms with Gasteiger partial charge in [-0.15, -0.1) is 0 Å². The minimum Gasteiger partial charge on any atom is -0.338 e. The highest BCUT2D eigenvalue weighted by atomic mass is 32.2. The average Bonchev–Trinajstić information content (AvgIpc) is 2.67. The Kier molecular flexibility index (Phi) is 5.71. The van der Waals surface area contributed by atoms with E-state index in [2.05, 4.69) is 14.7 Å². The van der Waals surface area contributed by atoms with Gasteiger partial charge < -0.3 is 9.80 Å². The normalized spacial score (nSPS) is 15.0. The number of carbonyl (C=O) groups is 1. The van der Waals surface area contributed by atoms with Crippen molar-refractivity contribution < 1.29 is 13.2 Å². The third-order valence-corrected chi connectivity index (χ3v) is 6.06. The number of nitrogens with one attached hydrogen (secondary N) is 1. The van der Waals surface area contributed by atoms with E-state index in [0.29, 0.717) is 37.7 Å². The fourth-order valence-corrected chi connectivity index (χ4v) is 4.26. The van der Waals surface area contributed by atoms with Crippen LogP contribution in [0.2, 0.25) is 0 Å². The Hall–Kier alpha value is -2.52. The average molecular weight is 389 g/mol. The van der Waals surface area contributed by atoms with Crippen LogP contribution in [0, 0.1) is 13.8 Å². The summed E-state index contributed by atoms with van der Waals surface area (Å²) in [5.41, 5.74) is 1.65. The van der Waals surface area contributed by atoms with Gasteiger partial charge in [0.1, 0.15) is 0 Å². The van der Waals surface area contributed by atoms with Crippen LogP contribution in [0.1, 0.15) is 11.1 Å². The monoisotopic (exact) mass is 389 g/mol. The summed E-state index contributed by atoms with van der Waals surface area (Å²) >= 11 is 0. The van der Waals surface area contributed by atoms with Crippen molar-refractivity contribution >= 4 is 21.9 Å². The Morgan fingerprint density at radius 3 is 2.41 bits per heavy atom. The second kappa shape index (κ2) is 8.01. The standard InChI is InChI=1S/C18H23N5O3S/c1-14-4-5-16(15(2)12-14)27(25,26)21-13-17(24)22-8-10-23(11-9-22)18-19-6-3-7-20-18/h3-7,12,21H,8-11,13H2,1-2H3. The molecule has 3 rings (SSSR count). The first-order valence-corrected chi connectivity index (χ1v) is 10.2. The topological polar surface area (TPSA) is 95.5 Å². The molecule has 0 aliphatic carbocycles. The van der Waals surface area contributed by atoms with Gasteiger partial charge in [-0.3, -0.25) is 4.79 Å². The lowest BCUT2D eigenvalue weighted by Crippen LogP contribution is -2.51. The zero-order valence-electron chi connectivity index (χ0n) is 15.4. The molecule has 1 amide bonds. The highest BCUT2D eigenvalue weighted by molar-refractivity contribution is 7.89. The maximum absolute atomic E-state index is 12.5. The summed E-state index contributed by atoms with van der Waals surface area (Å²) in [7, 11) is -3.72. The van der Waals surface area contributed by atoms with Crippen molar-refractivity contribution in [2.24, 2.45) is 0 Å². The van der Waals surface area contributed by atoms with Gasteiger partial charge in [0.05, 0.1) is 11.4 Å². The first-order valence-electron chi connectivity index (χ1n) is 8.73. The van der Waals surface area contributed by atoms with Gasteiger partial charge in [0.15, 0.2) is 0 Å². The summed E-state index contributed by atoms with van der Waals surface area (Å²) in [5.74, 6) is 0.400. The molecule has 0 unspecified atom stereocenters. The molecular formula is C18H23N5O3S. The van der Waals surface area contributed by atoms with E-state index in [9.17, 15) is 13.2 Å². The molecule has 0 bridgehead atoms. The molecule has 1 aliphatic rings. The molecule has 1 aliphatic heterocycles. The number of rotatable bonds is 5. The largest absolute Gasteiger partial charge is 0.338 e. The molecule has 1 aromatic heterocycles. The summed E-state index contributed by atoms with van der Waals surface area (Å²) in [5, 5.41) is 0. The van der Waals surface area contributed by atoms with E-state index in [1.54, 1.807) is 48.5 Å². The second-order valence-corrected chi connectivity index (χ2v) is 8.25. The lowest BCUT2D eigenvalue weighted by Gasteiger charge is -2.34. The summed E-state index contributed by atoms with van der Waals surface area (Å²) in [6, 6.07) is 6.87. The van der Waals surface area contributed by atoms with Crippen molar-refractivity contribution in [3.05, 3.63) is 47.8 Å². The minimum absolute atomic E-state index is 0.201. The number of benzene rings is 1. The molecule has 0 saturated carbocycles. The van der Waals surface area contributed by atoms with Gasteiger partial charge in [0.25, 0.3) is 0 Å². The van der Waals surface area contributed by atoms with E-state index < -0.39 is 10.0 Å². The molecule has 27 heavy (non-hydrogen) atoms. The number of carbonyl (C=O) groups excluding carboxylic acids is 1.